The van der Waals surface area contributed by atoms with Gasteiger partial charge < -0.3 is 20.5 Å². The summed E-state index contributed by atoms with van der Waals surface area (Å²) in [5.41, 5.74) is 1.86. The van der Waals surface area contributed by atoms with Crippen molar-refractivity contribution in [1.29, 1.82) is 0 Å². The summed E-state index contributed by atoms with van der Waals surface area (Å²) in [7, 11) is 0. The van der Waals surface area contributed by atoms with E-state index in [2.05, 4.69) is 30.3 Å². The molecule has 0 aliphatic rings. The molecule has 166 valence electrons. The summed E-state index contributed by atoms with van der Waals surface area (Å²) < 4.78 is 44.8. The average Bonchev–Trinajstić information content (AvgIpc) is 3.09. The Bertz CT molecular complexity index is 1250. The largest absolute Gasteiger partial charge is 0.432 e. The van der Waals surface area contributed by atoms with E-state index >= 15 is 0 Å². The summed E-state index contributed by atoms with van der Waals surface area (Å²) >= 11 is 0. The van der Waals surface area contributed by atoms with Gasteiger partial charge in [-0.1, -0.05) is 12.1 Å². The van der Waals surface area contributed by atoms with Crippen LogP contribution < -0.4 is 15.4 Å². The predicted molar refractivity (Wildman–Crippen MR) is 113 cm³/mol. The van der Waals surface area contributed by atoms with Gasteiger partial charge in [-0.3, -0.25) is 4.57 Å². The first-order valence-corrected chi connectivity index (χ1v) is 9.64. The van der Waals surface area contributed by atoms with Crippen molar-refractivity contribution < 1.29 is 23.0 Å². The van der Waals surface area contributed by atoms with Gasteiger partial charge in [0, 0.05) is 24.4 Å². The van der Waals surface area contributed by atoms with Crippen LogP contribution in [0, 0.1) is 12.7 Å². The molecule has 32 heavy (non-hydrogen) atoms. The van der Waals surface area contributed by atoms with Gasteiger partial charge in [0.15, 0.2) is 11.6 Å². The van der Waals surface area contributed by atoms with Gasteiger partial charge in [0.25, 0.3) is 0 Å². The average molecular weight is 444 g/mol. The summed E-state index contributed by atoms with van der Waals surface area (Å²) in [4.78, 5) is 13.4. The maximum atomic E-state index is 14.1. The first-order chi connectivity index (χ1) is 15.4. The number of halogens is 3. The standard InChI is InChI=1S/C21H19F3N6O2/c1-12-26-15-4-2-3-5-16(15)30(12)19-11-18(25-8-9-31)28-21(29-19)27-13-6-7-17(14(22)10-13)32-20(23)24/h2-7,10-11,20,31H,8-9H2,1H3,(H2,25,27,28,29). The molecule has 0 unspecified atom stereocenters. The molecular weight excluding hydrogens is 425 g/mol. The van der Waals surface area contributed by atoms with E-state index < -0.39 is 18.2 Å². The number of aliphatic hydroxyl groups excluding tert-OH is 1. The van der Waals surface area contributed by atoms with E-state index in [4.69, 9.17) is 5.11 Å². The second-order valence-electron chi connectivity index (χ2n) is 6.72. The lowest BCUT2D eigenvalue weighted by Gasteiger charge is -2.13. The van der Waals surface area contributed by atoms with Crippen LogP contribution in [-0.2, 0) is 0 Å². The zero-order valence-electron chi connectivity index (χ0n) is 16.9. The minimum Gasteiger partial charge on any atom is -0.432 e. The van der Waals surface area contributed by atoms with Gasteiger partial charge in [-0.25, -0.2) is 9.37 Å². The highest BCUT2D eigenvalue weighted by molar-refractivity contribution is 5.78. The second kappa shape index (κ2) is 9.10. The lowest BCUT2D eigenvalue weighted by atomic mass is 10.3. The molecule has 0 bridgehead atoms. The van der Waals surface area contributed by atoms with Crippen LogP contribution in [0.3, 0.4) is 0 Å². The molecule has 3 N–H and O–H groups in total. The summed E-state index contributed by atoms with van der Waals surface area (Å²) in [5.74, 6) is 0.215. The van der Waals surface area contributed by atoms with Crippen molar-refractivity contribution in [2.75, 3.05) is 23.8 Å². The monoisotopic (exact) mass is 444 g/mol. The molecule has 0 aliphatic heterocycles. The molecule has 4 aromatic rings. The van der Waals surface area contributed by atoms with E-state index in [1.54, 1.807) is 6.07 Å². The summed E-state index contributed by atoms with van der Waals surface area (Å²) in [6.45, 7) is -1.14. The summed E-state index contributed by atoms with van der Waals surface area (Å²) in [6.07, 6.45) is 0. The molecule has 11 heteroatoms. The predicted octanol–water partition coefficient (Wildman–Crippen LogP) is 4.01. The third kappa shape index (κ3) is 4.57. The number of nitrogens with one attached hydrogen (secondary N) is 2. The smallest absolute Gasteiger partial charge is 0.387 e. The van der Waals surface area contributed by atoms with Crippen molar-refractivity contribution >= 4 is 28.5 Å². The SMILES string of the molecule is Cc1nc2ccccc2n1-c1cc(NCCO)nc(Nc2ccc(OC(F)F)c(F)c2)n1. The van der Waals surface area contributed by atoms with Crippen LogP contribution in [0.2, 0.25) is 0 Å². The van der Waals surface area contributed by atoms with Crippen LogP contribution in [0.15, 0.2) is 48.5 Å². The summed E-state index contributed by atoms with van der Waals surface area (Å²) in [5, 5.41) is 15.0. The van der Waals surface area contributed by atoms with Crippen molar-refractivity contribution in [3.8, 4) is 11.6 Å². The van der Waals surface area contributed by atoms with Crippen molar-refractivity contribution in [2.24, 2.45) is 0 Å². The lowest BCUT2D eigenvalue weighted by molar-refractivity contribution is -0.0521. The third-order valence-corrected chi connectivity index (χ3v) is 4.49. The normalized spacial score (nSPS) is 11.2. The van der Waals surface area contributed by atoms with E-state index in [0.29, 0.717) is 17.5 Å². The number of hydrogen-bond acceptors (Lipinski definition) is 7. The fourth-order valence-electron chi connectivity index (χ4n) is 3.21. The van der Waals surface area contributed by atoms with E-state index in [1.807, 2.05) is 35.8 Å². The molecule has 2 aromatic carbocycles. The highest BCUT2D eigenvalue weighted by atomic mass is 19.3. The number of ether oxygens (including phenoxy) is 1. The first kappa shape index (κ1) is 21.4. The Hall–Kier alpha value is -3.86. The zero-order valence-corrected chi connectivity index (χ0v) is 16.9. The maximum absolute atomic E-state index is 14.1. The van der Waals surface area contributed by atoms with Crippen molar-refractivity contribution in [3.05, 3.63) is 60.2 Å². The fraction of sp³-hybridized carbons (Fsp3) is 0.190. The fourth-order valence-corrected chi connectivity index (χ4v) is 3.21. The Balaban J connectivity index is 1.72. The second-order valence-corrected chi connectivity index (χ2v) is 6.72. The molecule has 0 saturated carbocycles. The van der Waals surface area contributed by atoms with E-state index in [9.17, 15) is 13.2 Å². The number of nitrogens with zero attached hydrogens (tertiary/aromatic N) is 4. The number of aliphatic hydroxyl groups is 1. The minimum absolute atomic E-state index is 0.105. The Labute approximate surface area is 180 Å². The number of benzene rings is 2. The molecule has 0 amide bonds. The van der Waals surface area contributed by atoms with Crippen LogP contribution in [0.1, 0.15) is 5.82 Å². The molecule has 4 rings (SSSR count). The van der Waals surface area contributed by atoms with E-state index in [1.165, 1.54) is 6.07 Å². The molecule has 0 saturated heterocycles. The molecular formula is C21H19F3N6O2. The molecule has 8 nitrogen and oxygen atoms in total. The number of fused-ring (bicyclic) bond motifs is 1. The van der Waals surface area contributed by atoms with E-state index in [0.717, 1.165) is 23.2 Å². The van der Waals surface area contributed by atoms with Gasteiger partial charge in [0.05, 0.1) is 17.6 Å². The van der Waals surface area contributed by atoms with Crippen molar-refractivity contribution in [2.45, 2.75) is 13.5 Å². The molecule has 0 atom stereocenters. The molecule has 2 aromatic heterocycles. The Morgan fingerprint density at radius 3 is 2.66 bits per heavy atom. The third-order valence-electron chi connectivity index (χ3n) is 4.49. The molecule has 0 spiro atoms. The number of imidazole rings is 1. The topological polar surface area (TPSA) is 97.1 Å². The first-order valence-electron chi connectivity index (χ1n) is 9.64. The van der Waals surface area contributed by atoms with Gasteiger partial charge in [-0.2, -0.15) is 18.7 Å². The highest BCUT2D eigenvalue weighted by Gasteiger charge is 2.15. The maximum Gasteiger partial charge on any atom is 0.387 e. The van der Waals surface area contributed by atoms with Crippen LogP contribution in [0.5, 0.6) is 5.75 Å². The van der Waals surface area contributed by atoms with Gasteiger partial charge in [-0.15, -0.1) is 0 Å². The molecule has 0 aliphatic carbocycles. The Morgan fingerprint density at radius 1 is 1.09 bits per heavy atom. The van der Waals surface area contributed by atoms with Crippen LogP contribution >= 0.6 is 0 Å². The number of para-hydroxylation sites is 2. The molecule has 2 heterocycles. The lowest BCUT2D eigenvalue weighted by Crippen LogP contribution is -2.11. The van der Waals surface area contributed by atoms with Gasteiger partial charge in [-0.05, 0) is 31.2 Å². The van der Waals surface area contributed by atoms with Gasteiger partial charge in [0.2, 0.25) is 5.95 Å². The molecule has 0 fully saturated rings. The summed E-state index contributed by atoms with van der Waals surface area (Å²) in [6, 6.07) is 12.7. The number of rotatable bonds is 8. The zero-order chi connectivity index (χ0) is 22.7. The van der Waals surface area contributed by atoms with Crippen LogP contribution in [0.25, 0.3) is 16.9 Å². The van der Waals surface area contributed by atoms with Crippen LogP contribution in [0.4, 0.5) is 30.6 Å². The van der Waals surface area contributed by atoms with Gasteiger partial charge >= 0.3 is 6.61 Å². The Kier molecular flexibility index (Phi) is 6.08. The number of alkyl halides is 2. The van der Waals surface area contributed by atoms with Crippen molar-refractivity contribution in [3.63, 3.8) is 0 Å². The Morgan fingerprint density at radius 2 is 1.91 bits per heavy atom. The number of anilines is 3. The molecule has 0 radical (unpaired) electrons. The number of aromatic nitrogens is 4. The van der Waals surface area contributed by atoms with Crippen molar-refractivity contribution in [1.82, 2.24) is 19.5 Å². The van der Waals surface area contributed by atoms with Gasteiger partial charge in [0.1, 0.15) is 17.5 Å². The minimum atomic E-state index is -3.13. The highest BCUT2D eigenvalue weighted by Crippen LogP contribution is 2.26. The number of hydrogen-bond donors (Lipinski definition) is 3. The van der Waals surface area contributed by atoms with E-state index in [-0.39, 0.29) is 24.8 Å². The quantitative estimate of drug-likeness (QED) is 0.378. The number of aryl methyl sites for hydroxylation is 1. The van der Waals surface area contributed by atoms with Crippen LogP contribution in [-0.4, -0.2) is 44.4 Å².